The monoisotopic (exact) mass is 592 g/mol. The Bertz CT molecular complexity index is 1470. The summed E-state index contributed by atoms with van der Waals surface area (Å²) in [7, 11) is 0. The molecular weight excluding hydrogens is 552 g/mol. The van der Waals surface area contributed by atoms with Gasteiger partial charge in [0.2, 0.25) is 0 Å². The third-order valence-corrected chi connectivity index (χ3v) is 6.92. The Morgan fingerprint density at radius 1 is 0.773 bits per heavy atom. The number of benzene rings is 4. The van der Waals surface area contributed by atoms with E-state index in [1.165, 1.54) is 44.9 Å². The van der Waals surface area contributed by atoms with Crippen LogP contribution in [-0.4, -0.2) is 23.7 Å². The van der Waals surface area contributed by atoms with Gasteiger partial charge in [-0.3, -0.25) is 4.99 Å². The Morgan fingerprint density at radius 2 is 1.41 bits per heavy atom. The summed E-state index contributed by atoms with van der Waals surface area (Å²) < 4.78 is 11.4. The van der Waals surface area contributed by atoms with Gasteiger partial charge in [-0.25, -0.2) is 4.79 Å². The summed E-state index contributed by atoms with van der Waals surface area (Å²) in [5.41, 5.74) is 5.71. The number of ether oxygens (including phenoxy) is 2. The molecule has 0 aliphatic carbocycles. The van der Waals surface area contributed by atoms with Gasteiger partial charge in [-0.2, -0.15) is 0 Å². The van der Waals surface area contributed by atoms with E-state index in [1.54, 1.807) is 66.9 Å². The van der Waals surface area contributed by atoms with Crippen LogP contribution < -0.4 is 14.9 Å². The fraction of sp³-hybridized carbons (Fsp3) is 0.278. The molecule has 0 amide bonds. The fourth-order valence-electron chi connectivity index (χ4n) is 4.39. The van der Waals surface area contributed by atoms with Gasteiger partial charge in [0.1, 0.15) is 17.2 Å². The van der Waals surface area contributed by atoms with Crippen LogP contribution in [0.3, 0.4) is 0 Å². The Balaban J connectivity index is 1.18. The highest BCUT2D eigenvalue weighted by Gasteiger charge is 2.10. The number of carbonyl (C=O) groups is 1. The topological polar surface area (TPSA) is 98.4 Å². The molecule has 0 aromatic heterocycles. The minimum atomic E-state index is -0.491. The van der Waals surface area contributed by atoms with Crippen LogP contribution in [0.1, 0.15) is 74.2 Å². The van der Waals surface area contributed by atoms with Crippen LogP contribution in [0.4, 0.5) is 17.1 Å². The lowest BCUT2D eigenvalue weighted by molar-refractivity contribution is -0.439. The first-order valence-electron chi connectivity index (χ1n) is 15.3. The molecule has 44 heavy (non-hydrogen) atoms. The molecule has 0 aliphatic heterocycles. The minimum absolute atomic E-state index is 0.369. The van der Waals surface area contributed by atoms with Crippen molar-refractivity contribution >= 4 is 29.2 Å². The molecule has 0 unspecified atom stereocenters. The summed E-state index contributed by atoms with van der Waals surface area (Å²) in [5.74, 6) is 0.790. The average molecular weight is 593 g/mol. The van der Waals surface area contributed by atoms with Crippen LogP contribution in [0.5, 0.6) is 11.5 Å². The third-order valence-electron chi connectivity index (χ3n) is 6.92. The van der Waals surface area contributed by atoms with Crippen molar-refractivity contribution in [2.75, 3.05) is 12.0 Å². The number of para-hydroxylation sites is 1. The van der Waals surface area contributed by atoms with Crippen molar-refractivity contribution < 1.29 is 19.1 Å². The summed E-state index contributed by atoms with van der Waals surface area (Å²) in [6.07, 6.45) is 12.0. The molecule has 0 radical (unpaired) electrons. The number of hydrogen-bond acceptors (Lipinski definition) is 6. The molecule has 0 bridgehead atoms. The first-order chi connectivity index (χ1) is 21.6. The summed E-state index contributed by atoms with van der Waals surface area (Å²) in [4.78, 5) is 17.6. The van der Waals surface area contributed by atoms with Gasteiger partial charge in [0, 0.05) is 6.21 Å². The Hall–Kier alpha value is -4.98. The number of anilines is 1. The lowest BCUT2D eigenvalue weighted by atomic mass is 10.1. The Labute approximate surface area is 259 Å². The van der Waals surface area contributed by atoms with Gasteiger partial charge in [0.15, 0.2) is 5.69 Å². The number of unbranched alkanes of at least 4 members (excludes halogenated alkanes) is 7. The van der Waals surface area contributed by atoms with E-state index in [1.807, 2.05) is 42.5 Å². The Morgan fingerprint density at radius 3 is 2.09 bits per heavy atom. The van der Waals surface area contributed by atoms with Gasteiger partial charge in [-0.15, -0.1) is 10.3 Å². The van der Waals surface area contributed by atoms with E-state index in [0.717, 1.165) is 30.0 Å². The third kappa shape index (κ3) is 11.0. The van der Waals surface area contributed by atoms with Crippen molar-refractivity contribution in [3.63, 3.8) is 0 Å². The molecule has 0 atom stereocenters. The van der Waals surface area contributed by atoms with Crippen LogP contribution in [0.2, 0.25) is 0 Å². The molecular formula is C36H40N4O4. The standard InChI is InChI=1S/C36H40N4O4/c1-2-3-4-5-6-7-8-12-27-43-34-25-21-31(22-26-34)37-28-29-15-23-35(24-16-29)44-36(41)30-17-19-32(20-18-30)38-39-40(42)33-13-10-9-11-14-33/h9-11,13-26,28,38H,2-8,12,27H2,1H3/b37-28?,40-39-. The van der Waals surface area contributed by atoms with E-state index in [0.29, 0.717) is 27.5 Å². The van der Waals surface area contributed by atoms with Gasteiger partial charge in [0.05, 0.1) is 23.1 Å². The molecule has 0 spiro atoms. The van der Waals surface area contributed by atoms with Gasteiger partial charge < -0.3 is 14.7 Å². The highest BCUT2D eigenvalue weighted by Crippen LogP contribution is 2.20. The lowest BCUT2D eigenvalue weighted by Gasteiger charge is -2.06. The SMILES string of the molecule is CCCCCCCCCCOc1ccc(N=Cc2ccc(OC(=O)c3ccc(N/N=[N+](\[O-])c4ccccc4)cc3)cc2)cc1. The fourth-order valence-corrected chi connectivity index (χ4v) is 4.39. The van der Waals surface area contributed by atoms with Gasteiger partial charge >= 0.3 is 5.97 Å². The molecule has 1 N–H and O–H groups in total. The van der Waals surface area contributed by atoms with Crippen LogP contribution in [-0.2, 0) is 0 Å². The summed E-state index contributed by atoms with van der Waals surface area (Å²) >= 11 is 0. The Kier molecular flexibility index (Phi) is 13.0. The second-order valence-corrected chi connectivity index (χ2v) is 10.4. The molecule has 4 rings (SSSR count). The molecule has 0 fully saturated rings. The summed E-state index contributed by atoms with van der Waals surface area (Å²) in [5, 5.41) is 15.8. The van der Waals surface area contributed by atoms with Crippen molar-refractivity contribution in [3.05, 3.63) is 119 Å². The zero-order valence-electron chi connectivity index (χ0n) is 25.2. The molecule has 4 aromatic rings. The van der Waals surface area contributed by atoms with E-state index >= 15 is 0 Å². The highest BCUT2D eigenvalue weighted by atomic mass is 16.5. The first-order valence-corrected chi connectivity index (χ1v) is 15.3. The zero-order chi connectivity index (χ0) is 30.8. The predicted octanol–water partition coefficient (Wildman–Crippen LogP) is 9.80. The second kappa shape index (κ2) is 17.9. The van der Waals surface area contributed by atoms with E-state index in [-0.39, 0.29) is 0 Å². The number of rotatable bonds is 17. The summed E-state index contributed by atoms with van der Waals surface area (Å²) in [6.45, 7) is 2.99. The molecule has 0 heterocycles. The van der Waals surface area contributed by atoms with Crippen molar-refractivity contribution in [1.82, 2.24) is 0 Å². The van der Waals surface area contributed by atoms with Gasteiger partial charge in [-0.05, 0) is 96.9 Å². The van der Waals surface area contributed by atoms with E-state index in [4.69, 9.17) is 9.47 Å². The van der Waals surface area contributed by atoms with E-state index < -0.39 is 5.97 Å². The number of hydrogen-bond donors (Lipinski definition) is 1. The minimum Gasteiger partial charge on any atom is -0.691 e. The highest BCUT2D eigenvalue weighted by molar-refractivity contribution is 5.91. The zero-order valence-corrected chi connectivity index (χ0v) is 25.2. The van der Waals surface area contributed by atoms with E-state index in [2.05, 4.69) is 22.6 Å². The molecule has 0 saturated heterocycles. The largest absolute Gasteiger partial charge is 0.691 e. The van der Waals surface area contributed by atoms with E-state index in [9.17, 15) is 10.0 Å². The molecule has 4 aromatic carbocycles. The van der Waals surface area contributed by atoms with Crippen LogP contribution >= 0.6 is 0 Å². The second-order valence-electron chi connectivity index (χ2n) is 10.4. The van der Waals surface area contributed by atoms with Gasteiger partial charge in [0.25, 0.3) is 0 Å². The quantitative estimate of drug-likeness (QED) is 0.0250. The normalized spacial score (nSPS) is 11.4. The van der Waals surface area contributed by atoms with Crippen LogP contribution in [0, 0.1) is 5.21 Å². The van der Waals surface area contributed by atoms with Gasteiger partial charge in [-0.1, -0.05) is 70.1 Å². The van der Waals surface area contributed by atoms with Crippen molar-refractivity contribution in [2.24, 2.45) is 10.2 Å². The molecule has 0 aliphatic rings. The number of carbonyl (C=O) groups excluding carboxylic acids is 1. The van der Waals surface area contributed by atoms with Crippen molar-refractivity contribution in [2.45, 2.75) is 58.3 Å². The number of aliphatic imine (C=N–C) groups is 1. The first kappa shape index (κ1) is 31.9. The number of nitrogens with one attached hydrogen (secondary N) is 1. The molecule has 0 saturated carbocycles. The maximum absolute atomic E-state index is 12.6. The van der Waals surface area contributed by atoms with Crippen molar-refractivity contribution in [3.8, 4) is 11.5 Å². The lowest BCUT2D eigenvalue weighted by Crippen LogP contribution is -2.08. The molecule has 8 heteroatoms. The average Bonchev–Trinajstić information content (AvgIpc) is 3.07. The summed E-state index contributed by atoms with van der Waals surface area (Å²) in [6, 6.07) is 30.0. The number of esters is 1. The van der Waals surface area contributed by atoms with Crippen LogP contribution in [0.15, 0.2) is 113 Å². The predicted molar refractivity (Wildman–Crippen MR) is 175 cm³/mol. The van der Waals surface area contributed by atoms with Crippen LogP contribution in [0.25, 0.3) is 0 Å². The maximum atomic E-state index is 12.6. The smallest absolute Gasteiger partial charge is 0.343 e. The van der Waals surface area contributed by atoms with Crippen molar-refractivity contribution in [1.29, 1.82) is 0 Å². The number of nitrogens with zero attached hydrogens (tertiary/aromatic N) is 3. The molecule has 8 nitrogen and oxygen atoms in total. The maximum Gasteiger partial charge on any atom is 0.343 e. The molecule has 228 valence electrons.